The van der Waals surface area contributed by atoms with Gasteiger partial charge in [-0.25, -0.2) is 0 Å². The second-order valence-electron chi connectivity index (χ2n) is 3.40. The van der Waals surface area contributed by atoms with Crippen LogP contribution in [0.25, 0.3) is 0 Å². The second-order valence-corrected chi connectivity index (χ2v) is 3.40. The number of rotatable bonds is 6. The summed E-state index contributed by atoms with van der Waals surface area (Å²) in [5, 5.41) is 0. The topological polar surface area (TPSA) is 60.2 Å². The summed E-state index contributed by atoms with van der Waals surface area (Å²) in [5.74, 6) is -0.342. The molecule has 3 heteroatoms. The van der Waals surface area contributed by atoms with E-state index in [1.54, 1.807) is 6.08 Å². The Morgan fingerprint density at radius 2 is 1.93 bits per heavy atom. The molecule has 0 aromatic heterocycles. The Hall–Kier alpha value is -1.64. The summed E-state index contributed by atoms with van der Waals surface area (Å²) in [6.07, 6.45) is 5.87. The van der Waals surface area contributed by atoms with E-state index < -0.39 is 5.91 Å². The first kappa shape index (κ1) is 13.4. The molecule has 0 fully saturated rings. The lowest BCUT2D eigenvalue weighted by molar-refractivity contribution is -0.117. The monoisotopic (exact) mass is 207 g/mol. The third-order valence-corrected chi connectivity index (χ3v) is 1.62. The largest absolute Gasteiger partial charge is 0.369 e. The molecule has 0 heterocycles. The van der Waals surface area contributed by atoms with Crippen LogP contribution < -0.4 is 5.73 Å². The second kappa shape index (κ2) is 6.76. The van der Waals surface area contributed by atoms with Crippen molar-refractivity contribution in [3.05, 3.63) is 36.0 Å². The van der Waals surface area contributed by atoms with Crippen molar-refractivity contribution >= 4 is 11.7 Å². The highest BCUT2D eigenvalue weighted by molar-refractivity contribution is 5.80. The van der Waals surface area contributed by atoms with E-state index in [-0.39, 0.29) is 12.2 Å². The molecule has 82 valence electrons. The highest BCUT2D eigenvalue weighted by atomic mass is 16.1. The summed E-state index contributed by atoms with van der Waals surface area (Å²) in [6.45, 7) is 7.09. The zero-order valence-electron chi connectivity index (χ0n) is 9.25. The maximum absolute atomic E-state index is 10.9. The number of carbonyl (C=O) groups excluding carboxylic acids is 2. The molecular weight excluding hydrogens is 190 g/mol. The van der Waals surface area contributed by atoms with Crippen LogP contribution in [0.3, 0.4) is 0 Å². The van der Waals surface area contributed by atoms with Crippen LogP contribution in [-0.2, 0) is 9.59 Å². The van der Waals surface area contributed by atoms with Crippen LogP contribution >= 0.6 is 0 Å². The van der Waals surface area contributed by atoms with Crippen LogP contribution in [0.15, 0.2) is 36.0 Å². The maximum atomic E-state index is 10.9. The predicted octanol–water partition coefficient (Wildman–Crippen LogP) is 1.90. The standard InChI is InChI=1S/C12H17NO2/c1-4-5-11(8-10(3)14)6-9(2)7-12(13)15/h4-6H,2,7-8H2,1,3H3,(H2,13,15)/b5-4-,11-6+. The number of Topliss-reactive ketones (excluding diaryl/α,β-unsaturated/α-hetero) is 1. The van der Waals surface area contributed by atoms with E-state index in [0.29, 0.717) is 12.0 Å². The summed E-state index contributed by atoms with van der Waals surface area (Å²) in [5.41, 5.74) is 6.50. The Balaban J connectivity index is 4.59. The number of ketones is 1. The Kier molecular flexibility index (Phi) is 6.02. The molecule has 0 saturated heterocycles. The third kappa shape index (κ3) is 7.43. The molecule has 1 amide bonds. The number of allylic oxidation sites excluding steroid dienone is 4. The maximum Gasteiger partial charge on any atom is 0.221 e. The summed E-state index contributed by atoms with van der Waals surface area (Å²) in [6, 6.07) is 0. The first-order valence-electron chi connectivity index (χ1n) is 4.74. The zero-order valence-corrected chi connectivity index (χ0v) is 9.25. The van der Waals surface area contributed by atoms with Crippen molar-refractivity contribution in [3.63, 3.8) is 0 Å². The minimum absolute atomic E-state index is 0.0752. The van der Waals surface area contributed by atoms with E-state index >= 15 is 0 Å². The summed E-state index contributed by atoms with van der Waals surface area (Å²) in [7, 11) is 0. The van der Waals surface area contributed by atoms with Gasteiger partial charge in [-0.2, -0.15) is 0 Å². The van der Waals surface area contributed by atoms with Crippen LogP contribution in [0.4, 0.5) is 0 Å². The molecule has 2 N–H and O–H groups in total. The number of nitrogens with two attached hydrogens (primary N) is 1. The van der Waals surface area contributed by atoms with E-state index in [1.807, 2.05) is 19.1 Å². The molecule has 0 rings (SSSR count). The molecule has 0 aliphatic carbocycles. The Morgan fingerprint density at radius 3 is 2.33 bits per heavy atom. The molecular formula is C12H17NO2. The number of hydrogen-bond donors (Lipinski definition) is 1. The van der Waals surface area contributed by atoms with Crippen LogP contribution in [0.2, 0.25) is 0 Å². The molecule has 0 aliphatic heterocycles. The minimum atomic E-state index is -0.418. The number of primary amides is 1. The van der Waals surface area contributed by atoms with Crippen molar-refractivity contribution in [2.24, 2.45) is 5.73 Å². The lowest BCUT2D eigenvalue weighted by Gasteiger charge is -2.01. The highest BCUT2D eigenvalue weighted by Gasteiger charge is 2.01. The number of hydrogen-bond acceptors (Lipinski definition) is 2. The van der Waals surface area contributed by atoms with Gasteiger partial charge in [-0.1, -0.05) is 24.8 Å². The van der Waals surface area contributed by atoms with E-state index in [4.69, 9.17) is 5.73 Å². The molecule has 3 nitrogen and oxygen atoms in total. The lowest BCUT2D eigenvalue weighted by atomic mass is 10.0. The van der Waals surface area contributed by atoms with Gasteiger partial charge in [0.05, 0.1) is 6.42 Å². The van der Waals surface area contributed by atoms with Crippen molar-refractivity contribution in [2.45, 2.75) is 26.7 Å². The van der Waals surface area contributed by atoms with E-state index in [0.717, 1.165) is 5.57 Å². The molecule has 0 radical (unpaired) electrons. The first-order chi connectivity index (χ1) is 6.95. The van der Waals surface area contributed by atoms with E-state index in [2.05, 4.69) is 6.58 Å². The average Bonchev–Trinajstić information content (AvgIpc) is 2.00. The quantitative estimate of drug-likeness (QED) is 0.676. The van der Waals surface area contributed by atoms with Gasteiger partial charge in [0, 0.05) is 6.42 Å². The van der Waals surface area contributed by atoms with Gasteiger partial charge in [0.15, 0.2) is 0 Å². The van der Waals surface area contributed by atoms with Gasteiger partial charge in [-0.15, -0.1) is 0 Å². The van der Waals surface area contributed by atoms with E-state index in [1.165, 1.54) is 6.92 Å². The molecule has 0 aromatic rings. The number of carbonyl (C=O) groups is 2. The summed E-state index contributed by atoms with van der Waals surface area (Å²) in [4.78, 5) is 21.6. The average molecular weight is 207 g/mol. The SMILES string of the molecule is C=C(/C=C(\C=C/C)CC(C)=O)CC(N)=O. The van der Waals surface area contributed by atoms with Gasteiger partial charge in [0.1, 0.15) is 5.78 Å². The van der Waals surface area contributed by atoms with Crippen LogP contribution in [0.1, 0.15) is 26.7 Å². The fourth-order valence-electron chi connectivity index (χ4n) is 1.20. The van der Waals surface area contributed by atoms with Crippen LogP contribution in [0, 0.1) is 0 Å². The van der Waals surface area contributed by atoms with Crippen molar-refractivity contribution in [2.75, 3.05) is 0 Å². The Bertz CT molecular complexity index is 325. The highest BCUT2D eigenvalue weighted by Crippen LogP contribution is 2.10. The van der Waals surface area contributed by atoms with Crippen molar-refractivity contribution in [1.29, 1.82) is 0 Å². The fraction of sp³-hybridized carbons (Fsp3) is 0.333. The zero-order chi connectivity index (χ0) is 11.8. The van der Waals surface area contributed by atoms with Crippen molar-refractivity contribution in [3.8, 4) is 0 Å². The molecule has 0 saturated carbocycles. The normalized spacial score (nSPS) is 11.7. The van der Waals surface area contributed by atoms with Gasteiger partial charge in [0.2, 0.25) is 5.91 Å². The fourth-order valence-corrected chi connectivity index (χ4v) is 1.20. The third-order valence-electron chi connectivity index (χ3n) is 1.62. The molecule has 0 unspecified atom stereocenters. The van der Waals surface area contributed by atoms with Gasteiger partial charge in [-0.3, -0.25) is 9.59 Å². The minimum Gasteiger partial charge on any atom is -0.369 e. The van der Waals surface area contributed by atoms with Gasteiger partial charge >= 0.3 is 0 Å². The van der Waals surface area contributed by atoms with Gasteiger partial charge in [0.25, 0.3) is 0 Å². The number of amides is 1. The van der Waals surface area contributed by atoms with Gasteiger partial charge in [-0.05, 0) is 25.0 Å². The van der Waals surface area contributed by atoms with Gasteiger partial charge < -0.3 is 5.73 Å². The van der Waals surface area contributed by atoms with Crippen LogP contribution in [0.5, 0.6) is 0 Å². The Morgan fingerprint density at radius 1 is 1.33 bits per heavy atom. The molecule has 15 heavy (non-hydrogen) atoms. The summed E-state index contributed by atoms with van der Waals surface area (Å²) < 4.78 is 0. The molecule has 0 aliphatic rings. The Labute approximate surface area is 90.3 Å². The molecule has 0 atom stereocenters. The van der Waals surface area contributed by atoms with Crippen LogP contribution in [-0.4, -0.2) is 11.7 Å². The van der Waals surface area contributed by atoms with Crippen molar-refractivity contribution in [1.82, 2.24) is 0 Å². The predicted molar refractivity (Wildman–Crippen MR) is 61.1 cm³/mol. The summed E-state index contributed by atoms with van der Waals surface area (Å²) >= 11 is 0. The first-order valence-corrected chi connectivity index (χ1v) is 4.74. The lowest BCUT2D eigenvalue weighted by Crippen LogP contribution is -2.10. The van der Waals surface area contributed by atoms with E-state index in [9.17, 15) is 9.59 Å². The molecule has 0 bridgehead atoms. The molecule has 0 aromatic carbocycles. The van der Waals surface area contributed by atoms with Crippen molar-refractivity contribution < 1.29 is 9.59 Å². The molecule has 0 spiro atoms. The smallest absolute Gasteiger partial charge is 0.221 e.